The summed E-state index contributed by atoms with van der Waals surface area (Å²) >= 11 is 0. The topological polar surface area (TPSA) is 71.0 Å². The van der Waals surface area contributed by atoms with Crippen molar-refractivity contribution in [2.75, 3.05) is 13.7 Å². The molecule has 2 aromatic carbocycles. The van der Waals surface area contributed by atoms with Crippen LogP contribution in [0.15, 0.2) is 53.6 Å². The third-order valence-electron chi connectivity index (χ3n) is 4.49. The molecular weight excluding hydrogens is 361 g/mol. The molecule has 1 aliphatic rings. The van der Waals surface area contributed by atoms with E-state index < -0.39 is 0 Å². The van der Waals surface area contributed by atoms with Gasteiger partial charge in [0.1, 0.15) is 17.3 Å². The van der Waals surface area contributed by atoms with Gasteiger partial charge in [-0.3, -0.25) is 9.59 Å². The fourth-order valence-electron chi connectivity index (χ4n) is 2.97. The number of hydrogen-bond acceptors (Lipinski definition) is 4. The van der Waals surface area contributed by atoms with Gasteiger partial charge in [0.2, 0.25) is 5.91 Å². The van der Waals surface area contributed by atoms with Crippen LogP contribution in [0.2, 0.25) is 0 Å². The summed E-state index contributed by atoms with van der Waals surface area (Å²) < 4.78 is 18.3. The first kappa shape index (κ1) is 19.5. The molecule has 28 heavy (non-hydrogen) atoms. The molecule has 0 unspecified atom stereocenters. The number of hydrazone groups is 1. The number of carbonyl (C=O) groups excluding carboxylic acids is 2. The van der Waals surface area contributed by atoms with Crippen molar-refractivity contribution in [3.05, 3.63) is 65.5 Å². The molecule has 0 saturated heterocycles. The molecule has 3 rings (SSSR count). The summed E-state index contributed by atoms with van der Waals surface area (Å²) in [6, 6.07) is 13.5. The average molecular weight is 383 g/mol. The van der Waals surface area contributed by atoms with Crippen LogP contribution in [0.25, 0.3) is 0 Å². The number of amides is 2. The summed E-state index contributed by atoms with van der Waals surface area (Å²) in [4.78, 5) is 24.5. The monoisotopic (exact) mass is 383 g/mol. The first-order valence-electron chi connectivity index (χ1n) is 9.09. The Morgan fingerprint density at radius 1 is 1.18 bits per heavy atom. The highest BCUT2D eigenvalue weighted by Gasteiger charge is 2.24. The summed E-state index contributed by atoms with van der Waals surface area (Å²) in [5, 5.41) is 8.33. The molecule has 1 heterocycles. The van der Waals surface area contributed by atoms with Gasteiger partial charge in [-0.2, -0.15) is 5.10 Å². The molecule has 0 aromatic heterocycles. The second-order valence-corrected chi connectivity index (χ2v) is 6.44. The van der Waals surface area contributed by atoms with Gasteiger partial charge in [-0.05, 0) is 35.7 Å². The smallest absolute Gasteiger partial charge is 0.267 e. The first-order valence-corrected chi connectivity index (χ1v) is 9.09. The summed E-state index contributed by atoms with van der Waals surface area (Å²) in [6.45, 7) is 0.640. The van der Waals surface area contributed by atoms with Crippen molar-refractivity contribution in [1.29, 1.82) is 0 Å². The molecule has 0 radical (unpaired) electrons. The van der Waals surface area contributed by atoms with E-state index in [2.05, 4.69) is 10.4 Å². The van der Waals surface area contributed by atoms with Crippen molar-refractivity contribution in [3.8, 4) is 5.75 Å². The standard InChI is InChI=1S/C21H22FN3O3/c1-28-19-5-3-2-4-16(19)12-13-23-21(27)18-10-11-20(26)25(24-18)14-15-6-8-17(22)9-7-15/h2-9H,10-14H2,1H3,(H,23,27). The number of nitrogens with zero attached hydrogens (tertiary/aromatic N) is 2. The molecular formula is C21H22FN3O3. The Kier molecular flexibility index (Phi) is 6.37. The van der Waals surface area contributed by atoms with Gasteiger partial charge < -0.3 is 10.1 Å². The molecule has 1 aliphatic heterocycles. The molecule has 0 spiro atoms. The van der Waals surface area contributed by atoms with Crippen molar-refractivity contribution in [1.82, 2.24) is 10.3 Å². The van der Waals surface area contributed by atoms with Crippen LogP contribution in [0.4, 0.5) is 4.39 Å². The summed E-state index contributed by atoms with van der Waals surface area (Å²) in [5.74, 6) is -0.00318. The van der Waals surface area contributed by atoms with Gasteiger partial charge in [-0.25, -0.2) is 9.40 Å². The lowest BCUT2D eigenvalue weighted by Crippen LogP contribution is -2.39. The van der Waals surface area contributed by atoms with Crippen molar-refractivity contribution < 1.29 is 18.7 Å². The predicted octanol–water partition coefficient (Wildman–Crippen LogP) is 2.67. The van der Waals surface area contributed by atoms with E-state index in [1.165, 1.54) is 17.1 Å². The Morgan fingerprint density at radius 2 is 1.93 bits per heavy atom. The number of carbonyl (C=O) groups is 2. The highest BCUT2D eigenvalue weighted by Crippen LogP contribution is 2.17. The number of halogens is 1. The molecule has 1 N–H and O–H groups in total. The van der Waals surface area contributed by atoms with Crippen LogP contribution in [0.3, 0.4) is 0 Å². The second kappa shape index (κ2) is 9.12. The molecule has 2 amide bonds. The van der Waals surface area contributed by atoms with Gasteiger partial charge in [0.25, 0.3) is 5.91 Å². The minimum atomic E-state index is -0.340. The van der Waals surface area contributed by atoms with Crippen LogP contribution >= 0.6 is 0 Å². The Labute approximate surface area is 163 Å². The number of para-hydroxylation sites is 1. The van der Waals surface area contributed by atoms with Gasteiger partial charge in [0, 0.05) is 19.4 Å². The van der Waals surface area contributed by atoms with Gasteiger partial charge in [-0.15, -0.1) is 0 Å². The second-order valence-electron chi connectivity index (χ2n) is 6.44. The maximum absolute atomic E-state index is 13.0. The van der Waals surface area contributed by atoms with E-state index in [1.54, 1.807) is 19.2 Å². The summed E-state index contributed by atoms with van der Waals surface area (Å²) in [6.07, 6.45) is 1.15. The number of rotatable bonds is 7. The lowest BCUT2D eigenvalue weighted by atomic mass is 10.1. The maximum Gasteiger partial charge on any atom is 0.267 e. The Bertz CT molecular complexity index is 881. The van der Waals surface area contributed by atoms with E-state index in [0.29, 0.717) is 25.1 Å². The lowest BCUT2D eigenvalue weighted by molar-refractivity contribution is -0.132. The number of hydrogen-bond donors (Lipinski definition) is 1. The van der Waals surface area contributed by atoms with Crippen molar-refractivity contribution in [3.63, 3.8) is 0 Å². The fraction of sp³-hybridized carbons (Fsp3) is 0.286. The Balaban J connectivity index is 1.59. The molecule has 2 aromatic rings. The van der Waals surface area contributed by atoms with E-state index >= 15 is 0 Å². The van der Waals surface area contributed by atoms with E-state index in [4.69, 9.17) is 4.74 Å². The van der Waals surface area contributed by atoms with Crippen LogP contribution in [0, 0.1) is 5.82 Å². The normalized spacial score (nSPS) is 13.9. The van der Waals surface area contributed by atoms with Crippen LogP contribution in [0.1, 0.15) is 24.0 Å². The van der Waals surface area contributed by atoms with Gasteiger partial charge in [0.15, 0.2) is 0 Å². The molecule has 0 aliphatic carbocycles. The Morgan fingerprint density at radius 3 is 2.68 bits per heavy atom. The molecule has 0 fully saturated rings. The molecule has 0 atom stereocenters. The first-order chi connectivity index (χ1) is 13.6. The zero-order chi connectivity index (χ0) is 19.9. The number of methoxy groups -OCH3 is 1. The summed E-state index contributed by atoms with van der Waals surface area (Å²) in [5.41, 5.74) is 2.07. The third-order valence-corrected chi connectivity index (χ3v) is 4.49. The van der Waals surface area contributed by atoms with E-state index in [9.17, 15) is 14.0 Å². The van der Waals surface area contributed by atoms with Crippen LogP contribution in [0.5, 0.6) is 5.75 Å². The molecule has 7 heteroatoms. The van der Waals surface area contributed by atoms with Gasteiger partial charge in [-0.1, -0.05) is 30.3 Å². The van der Waals surface area contributed by atoms with Gasteiger partial charge in [0.05, 0.1) is 13.7 Å². The molecule has 0 bridgehead atoms. The molecule has 0 saturated carbocycles. The van der Waals surface area contributed by atoms with Crippen molar-refractivity contribution >= 4 is 17.5 Å². The quantitative estimate of drug-likeness (QED) is 0.799. The number of benzene rings is 2. The lowest BCUT2D eigenvalue weighted by Gasteiger charge is -2.23. The molecule has 146 valence electrons. The van der Waals surface area contributed by atoms with Crippen LogP contribution in [-0.2, 0) is 22.6 Å². The molecule has 6 nitrogen and oxygen atoms in total. The van der Waals surface area contributed by atoms with Gasteiger partial charge >= 0.3 is 0 Å². The van der Waals surface area contributed by atoms with Crippen molar-refractivity contribution in [2.24, 2.45) is 5.10 Å². The van der Waals surface area contributed by atoms with E-state index in [-0.39, 0.29) is 30.6 Å². The summed E-state index contributed by atoms with van der Waals surface area (Å²) in [7, 11) is 1.61. The third kappa shape index (κ3) is 4.94. The Hall–Kier alpha value is -3.22. The highest BCUT2D eigenvalue weighted by molar-refractivity contribution is 6.39. The zero-order valence-corrected chi connectivity index (χ0v) is 15.7. The number of nitrogens with one attached hydrogen (secondary N) is 1. The van der Waals surface area contributed by atoms with E-state index in [0.717, 1.165) is 16.9 Å². The highest BCUT2D eigenvalue weighted by atomic mass is 19.1. The van der Waals surface area contributed by atoms with Crippen LogP contribution in [-0.4, -0.2) is 36.2 Å². The zero-order valence-electron chi connectivity index (χ0n) is 15.7. The largest absolute Gasteiger partial charge is 0.496 e. The average Bonchev–Trinajstić information content (AvgIpc) is 2.71. The number of ether oxygens (including phenoxy) is 1. The predicted molar refractivity (Wildman–Crippen MR) is 103 cm³/mol. The van der Waals surface area contributed by atoms with Crippen LogP contribution < -0.4 is 10.1 Å². The fourth-order valence-corrected chi connectivity index (χ4v) is 2.97. The minimum Gasteiger partial charge on any atom is -0.496 e. The SMILES string of the molecule is COc1ccccc1CCNC(=O)C1=NN(Cc2ccc(F)cc2)C(=O)CC1. The van der Waals surface area contributed by atoms with E-state index in [1.807, 2.05) is 24.3 Å². The van der Waals surface area contributed by atoms with Crippen molar-refractivity contribution in [2.45, 2.75) is 25.8 Å². The maximum atomic E-state index is 13.0. The minimum absolute atomic E-state index is 0.158.